The summed E-state index contributed by atoms with van der Waals surface area (Å²) in [7, 11) is 1.47. The largest absolute Gasteiger partial charge is 0.469 e. The van der Waals surface area contributed by atoms with Crippen LogP contribution in [0, 0.1) is 5.92 Å². The average molecular weight is 252 g/mol. The fourth-order valence-electron chi connectivity index (χ4n) is 2.44. The van der Waals surface area contributed by atoms with Gasteiger partial charge >= 0.3 is 5.97 Å². The van der Waals surface area contributed by atoms with Crippen LogP contribution in [-0.4, -0.2) is 50.2 Å². The molecule has 0 unspecified atom stereocenters. The molecule has 18 heavy (non-hydrogen) atoms. The zero-order valence-electron chi connectivity index (χ0n) is 11.3. The van der Waals surface area contributed by atoms with E-state index >= 15 is 0 Å². The highest BCUT2D eigenvalue weighted by Gasteiger charge is 2.26. The van der Waals surface area contributed by atoms with Crippen molar-refractivity contribution in [2.45, 2.75) is 31.7 Å². The highest BCUT2D eigenvalue weighted by atomic mass is 16.5. The van der Waals surface area contributed by atoms with Gasteiger partial charge in [0.15, 0.2) is 0 Å². The van der Waals surface area contributed by atoms with Crippen LogP contribution >= 0.6 is 0 Å². The van der Waals surface area contributed by atoms with Gasteiger partial charge in [-0.15, -0.1) is 0 Å². The lowest BCUT2D eigenvalue weighted by Gasteiger charge is -2.31. The average Bonchev–Trinajstić information content (AvgIpc) is 3.20. The number of nitrogens with zero attached hydrogens (tertiary/aromatic N) is 1. The van der Waals surface area contributed by atoms with Crippen LogP contribution < -0.4 is 5.32 Å². The molecule has 0 atom stereocenters. The predicted octanol–water partition coefficient (Wildman–Crippen LogP) is 1.18. The Kier molecular flexibility index (Phi) is 4.78. The third kappa shape index (κ3) is 4.10. The minimum Gasteiger partial charge on any atom is -0.469 e. The summed E-state index contributed by atoms with van der Waals surface area (Å²) in [6.07, 6.45) is 4.46. The van der Waals surface area contributed by atoms with E-state index in [2.05, 4.69) is 16.8 Å². The van der Waals surface area contributed by atoms with Gasteiger partial charge in [-0.2, -0.15) is 0 Å². The summed E-state index contributed by atoms with van der Waals surface area (Å²) < 4.78 is 4.79. The van der Waals surface area contributed by atoms with Crippen molar-refractivity contribution in [3.05, 3.63) is 12.2 Å². The minimum atomic E-state index is -0.0520. The van der Waals surface area contributed by atoms with Crippen LogP contribution in [0.25, 0.3) is 0 Å². The van der Waals surface area contributed by atoms with E-state index < -0.39 is 0 Å². The summed E-state index contributed by atoms with van der Waals surface area (Å²) in [6.45, 7) is 7.96. The molecular formula is C14H24N2O2. The van der Waals surface area contributed by atoms with Crippen molar-refractivity contribution in [1.82, 2.24) is 10.2 Å². The summed E-state index contributed by atoms with van der Waals surface area (Å²) in [5.74, 6) is 0.0491. The monoisotopic (exact) mass is 252 g/mol. The van der Waals surface area contributed by atoms with Crippen LogP contribution in [0.4, 0.5) is 0 Å². The molecule has 0 radical (unpaired) electrons. The Labute approximate surface area is 109 Å². The van der Waals surface area contributed by atoms with Crippen LogP contribution in [-0.2, 0) is 9.53 Å². The van der Waals surface area contributed by atoms with Gasteiger partial charge < -0.3 is 10.1 Å². The predicted molar refractivity (Wildman–Crippen MR) is 71.3 cm³/mol. The molecule has 2 rings (SSSR count). The van der Waals surface area contributed by atoms with Gasteiger partial charge in [0.05, 0.1) is 13.0 Å². The number of esters is 1. The van der Waals surface area contributed by atoms with Crippen LogP contribution in [0.15, 0.2) is 12.2 Å². The van der Waals surface area contributed by atoms with Gasteiger partial charge in [-0.3, -0.25) is 9.69 Å². The number of methoxy groups -OCH3 is 1. The summed E-state index contributed by atoms with van der Waals surface area (Å²) in [5.41, 5.74) is 1.25. The molecule has 2 fully saturated rings. The molecule has 0 amide bonds. The molecule has 1 N–H and O–H groups in total. The first-order chi connectivity index (χ1) is 8.69. The number of rotatable bonds is 6. The second-order valence-corrected chi connectivity index (χ2v) is 5.48. The Morgan fingerprint density at radius 2 is 2.00 bits per heavy atom. The number of hydrogen-bond acceptors (Lipinski definition) is 4. The molecule has 0 aromatic carbocycles. The van der Waals surface area contributed by atoms with E-state index in [1.807, 2.05) is 0 Å². The second-order valence-electron chi connectivity index (χ2n) is 5.48. The van der Waals surface area contributed by atoms with Gasteiger partial charge in [-0.1, -0.05) is 6.58 Å². The molecule has 0 spiro atoms. The Morgan fingerprint density at radius 3 is 2.56 bits per heavy atom. The van der Waals surface area contributed by atoms with Crippen LogP contribution in [0.3, 0.4) is 0 Å². The van der Waals surface area contributed by atoms with E-state index in [0.29, 0.717) is 0 Å². The number of carbonyl (C=O) groups is 1. The molecule has 1 heterocycles. The lowest BCUT2D eigenvalue weighted by Crippen LogP contribution is -2.38. The molecule has 4 nitrogen and oxygen atoms in total. The molecule has 1 saturated heterocycles. The topological polar surface area (TPSA) is 41.6 Å². The molecule has 4 heteroatoms. The third-order valence-electron chi connectivity index (χ3n) is 3.79. The normalized spacial score (nSPS) is 21.8. The van der Waals surface area contributed by atoms with Gasteiger partial charge in [-0.25, -0.2) is 0 Å². The molecule has 102 valence electrons. The van der Waals surface area contributed by atoms with Crippen molar-refractivity contribution in [3.8, 4) is 0 Å². The molecule has 0 aromatic rings. The SMILES string of the molecule is C=C(CNC1CC1)CN1CCC(C(=O)OC)CC1. The van der Waals surface area contributed by atoms with Crippen LogP contribution in [0.2, 0.25) is 0 Å². The zero-order chi connectivity index (χ0) is 13.0. The first kappa shape index (κ1) is 13.6. The number of hydrogen-bond donors (Lipinski definition) is 1. The Balaban J connectivity index is 1.62. The fraction of sp³-hybridized carbons (Fsp3) is 0.786. The standard InChI is InChI=1S/C14H24N2O2/c1-11(9-15-13-3-4-13)10-16-7-5-12(6-8-16)14(17)18-2/h12-13,15H,1,3-10H2,2H3. The van der Waals surface area contributed by atoms with E-state index in [4.69, 9.17) is 4.74 Å². The first-order valence-corrected chi connectivity index (χ1v) is 6.89. The number of piperidine rings is 1. The molecule has 0 bridgehead atoms. The van der Waals surface area contributed by atoms with Crippen LogP contribution in [0.1, 0.15) is 25.7 Å². The van der Waals surface area contributed by atoms with Crippen molar-refractivity contribution in [3.63, 3.8) is 0 Å². The summed E-state index contributed by atoms with van der Waals surface area (Å²) >= 11 is 0. The Bertz CT molecular complexity index is 305. The highest BCUT2D eigenvalue weighted by Crippen LogP contribution is 2.20. The van der Waals surface area contributed by atoms with Crippen LogP contribution in [0.5, 0.6) is 0 Å². The summed E-state index contributed by atoms with van der Waals surface area (Å²) in [6, 6.07) is 0.742. The fourth-order valence-corrected chi connectivity index (χ4v) is 2.44. The van der Waals surface area contributed by atoms with Gasteiger partial charge in [0.1, 0.15) is 0 Å². The molecule has 1 aliphatic heterocycles. The van der Waals surface area contributed by atoms with E-state index in [-0.39, 0.29) is 11.9 Å². The maximum Gasteiger partial charge on any atom is 0.308 e. The summed E-state index contributed by atoms with van der Waals surface area (Å²) in [4.78, 5) is 13.8. The maximum absolute atomic E-state index is 11.4. The third-order valence-corrected chi connectivity index (χ3v) is 3.79. The van der Waals surface area contributed by atoms with Gasteiger partial charge in [0.2, 0.25) is 0 Å². The van der Waals surface area contributed by atoms with Crippen molar-refractivity contribution in [2.24, 2.45) is 5.92 Å². The van der Waals surface area contributed by atoms with Gasteiger partial charge in [0.25, 0.3) is 0 Å². The molecule has 1 saturated carbocycles. The van der Waals surface area contributed by atoms with E-state index in [9.17, 15) is 4.79 Å². The smallest absolute Gasteiger partial charge is 0.308 e. The lowest BCUT2D eigenvalue weighted by atomic mass is 9.97. The molecular weight excluding hydrogens is 228 g/mol. The number of ether oxygens (including phenoxy) is 1. The van der Waals surface area contributed by atoms with E-state index in [0.717, 1.165) is 45.1 Å². The number of carbonyl (C=O) groups excluding carboxylic acids is 1. The summed E-state index contributed by atoms with van der Waals surface area (Å²) in [5, 5.41) is 3.48. The lowest BCUT2D eigenvalue weighted by molar-refractivity contribution is -0.147. The van der Waals surface area contributed by atoms with Crippen molar-refractivity contribution < 1.29 is 9.53 Å². The van der Waals surface area contributed by atoms with Gasteiger partial charge in [-0.05, 0) is 44.3 Å². The number of nitrogens with one attached hydrogen (secondary N) is 1. The Hall–Kier alpha value is -0.870. The van der Waals surface area contributed by atoms with E-state index in [1.54, 1.807) is 0 Å². The van der Waals surface area contributed by atoms with Gasteiger partial charge in [0, 0.05) is 19.1 Å². The van der Waals surface area contributed by atoms with Crippen molar-refractivity contribution in [1.29, 1.82) is 0 Å². The molecule has 0 aromatic heterocycles. The van der Waals surface area contributed by atoms with E-state index in [1.165, 1.54) is 25.5 Å². The zero-order valence-corrected chi connectivity index (χ0v) is 11.3. The number of likely N-dealkylation sites (tertiary alicyclic amines) is 1. The van der Waals surface area contributed by atoms with Crippen molar-refractivity contribution in [2.75, 3.05) is 33.3 Å². The maximum atomic E-state index is 11.4. The molecule has 2 aliphatic rings. The quantitative estimate of drug-likeness (QED) is 0.569. The minimum absolute atomic E-state index is 0.0520. The Morgan fingerprint density at radius 1 is 1.33 bits per heavy atom. The highest BCUT2D eigenvalue weighted by molar-refractivity contribution is 5.72. The van der Waals surface area contributed by atoms with Crippen molar-refractivity contribution >= 4 is 5.97 Å². The first-order valence-electron chi connectivity index (χ1n) is 6.89. The second kappa shape index (κ2) is 6.34. The molecule has 1 aliphatic carbocycles.